The van der Waals surface area contributed by atoms with Crippen LogP contribution in [0.5, 0.6) is 0 Å². The summed E-state index contributed by atoms with van der Waals surface area (Å²) in [5, 5.41) is 0. The minimum absolute atomic E-state index is 0.0279. The van der Waals surface area contributed by atoms with Gasteiger partial charge in [0.05, 0.1) is 4.83 Å². The molecule has 1 aromatic rings. The average Bonchev–Trinajstić information content (AvgIpc) is 2.32. The second kappa shape index (κ2) is 8.66. The zero-order valence-corrected chi connectivity index (χ0v) is 11.3. The van der Waals surface area contributed by atoms with Gasteiger partial charge in [0, 0.05) is 5.56 Å². The van der Waals surface area contributed by atoms with Gasteiger partial charge in [0.1, 0.15) is 0 Å². The molecule has 1 unspecified atom stereocenters. The molecule has 1 nitrogen and oxygen atoms in total. The number of benzene rings is 1. The van der Waals surface area contributed by atoms with E-state index in [0.29, 0.717) is 0 Å². The highest BCUT2D eigenvalue weighted by atomic mass is 79.9. The molecular formula is C13H19BrO. The van der Waals surface area contributed by atoms with Crippen molar-refractivity contribution < 1.29 is 4.79 Å². The predicted octanol–water partition coefficient (Wildman–Crippen LogP) is 4.46. The van der Waals surface area contributed by atoms with Gasteiger partial charge in [0.2, 0.25) is 0 Å². The Morgan fingerprint density at radius 2 is 1.80 bits per heavy atom. The van der Waals surface area contributed by atoms with Gasteiger partial charge >= 0.3 is 0 Å². The Bertz CT molecular complexity index is 269. The van der Waals surface area contributed by atoms with Crippen molar-refractivity contribution in [1.29, 1.82) is 0 Å². The summed E-state index contributed by atoms with van der Waals surface area (Å²) in [4.78, 5) is 11.7. The molecule has 0 aromatic heterocycles. The van der Waals surface area contributed by atoms with E-state index in [4.69, 9.17) is 0 Å². The summed E-state index contributed by atoms with van der Waals surface area (Å²) in [5.41, 5.74) is 0.790. The maximum Gasteiger partial charge on any atom is 0.176 e. The number of alkyl halides is 1. The summed E-state index contributed by atoms with van der Waals surface area (Å²) >= 11 is 3.39. The lowest BCUT2D eigenvalue weighted by atomic mass is 10.1. The zero-order valence-electron chi connectivity index (χ0n) is 9.66. The summed E-state index contributed by atoms with van der Waals surface area (Å²) in [6.07, 6.45) is 1.92. The maximum absolute atomic E-state index is 11.7. The fraction of sp³-hybridized carbons (Fsp3) is 0.462. The summed E-state index contributed by atoms with van der Waals surface area (Å²) in [7, 11) is 0. The molecule has 0 N–H and O–H groups in total. The van der Waals surface area contributed by atoms with Gasteiger partial charge in [-0.2, -0.15) is 0 Å². The molecule has 0 saturated heterocycles. The van der Waals surface area contributed by atoms with Crippen molar-refractivity contribution in [1.82, 2.24) is 0 Å². The van der Waals surface area contributed by atoms with Gasteiger partial charge in [0.25, 0.3) is 0 Å². The van der Waals surface area contributed by atoms with Crippen molar-refractivity contribution in [3.8, 4) is 0 Å². The molecule has 0 saturated carbocycles. The second-order valence-electron chi connectivity index (χ2n) is 2.99. The molecule has 0 heterocycles. The number of carbonyl (C=O) groups is 1. The molecule has 1 aromatic carbocycles. The second-order valence-corrected chi connectivity index (χ2v) is 4.09. The highest BCUT2D eigenvalue weighted by molar-refractivity contribution is 9.10. The standard InChI is InChI=1S/C11H13BrO.C2H6/c1-2-6-10(12)11(13)9-7-4-3-5-8-9;1-2/h3-5,7-8,10H,2,6H2,1H3;1-2H3. The van der Waals surface area contributed by atoms with E-state index in [9.17, 15) is 4.79 Å². The molecule has 84 valence electrons. The number of carbonyl (C=O) groups excluding carboxylic acids is 1. The SMILES string of the molecule is CC.CCCC(Br)C(=O)c1ccccc1. The number of ketones is 1. The van der Waals surface area contributed by atoms with Crippen LogP contribution < -0.4 is 0 Å². The summed E-state index contributed by atoms with van der Waals surface area (Å²) < 4.78 is 0. The highest BCUT2D eigenvalue weighted by Crippen LogP contribution is 2.14. The highest BCUT2D eigenvalue weighted by Gasteiger charge is 2.14. The molecule has 0 bridgehead atoms. The normalized spacial score (nSPS) is 11.2. The van der Waals surface area contributed by atoms with Crippen molar-refractivity contribution in [2.75, 3.05) is 0 Å². The quantitative estimate of drug-likeness (QED) is 0.583. The summed E-state index contributed by atoms with van der Waals surface area (Å²) in [5.74, 6) is 0.183. The Morgan fingerprint density at radius 1 is 1.27 bits per heavy atom. The molecule has 0 fully saturated rings. The Balaban J connectivity index is 0.000000921. The largest absolute Gasteiger partial charge is 0.293 e. The Morgan fingerprint density at radius 3 is 2.27 bits per heavy atom. The minimum atomic E-state index is -0.0279. The lowest BCUT2D eigenvalue weighted by Gasteiger charge is -2.06. The first-order valence-electron chi connectivity index (χ1n) is 5.49. The van der Waals surface area contributed by atoms with E-state index >= 15 is 0 Å². The Kier molecular flexibility index (Phi) is 8.30. The molecule has 0 spiro atoms. The fourth-order valence-corrected chi connectivity index (χ4v) is 1.89. The molecule has 0 aliphatic heterocycles. The molecule has 15 heavy (non-hydrogen) atoms. The third-order valence-corrected chi connectivity index (χ3v) is 2.76. The molecule has 1 rings (SSSR count). The first kappa shape index (κ1) is 14.4. The van der Waals surface area contributed by atoms with Crippen molar-refractivity contribution in [2.45, 2.75) is 38.4 Å². The van der Waals surface area contributed by atoms with Crippen LogP contribution in [-0.4, -0.2) is 10.6 Å². The van der Waals surface area contributed by atoms with Crippen LogP contribution in [0.25, 0.3) is 0 Å². The van der Waals surface area contributed by atoms with E-state index in [-0.39, 0.29) is 10.6 Å². The monoisotopic (exact) mass is 270 g/mol. The van der Waals surface area contributed by atoms with Crippen molar-refractivity contribution in [3.05, 3.63) is 35.9 Å². The maximum atomic E-state index is 11.7. The number of hydrogen-bond acceptors (Lipinski definition) is 1. The van der Waals surface area contributed by atoms with Gasteiger partial charge in [-0.15, -0.1) is 0 Å². The number of rotatable bonds is 4. The van der Waals surface area contributed by atoms with Crippen molar-refractivity contribution in [3.63, 3.8) is 0 Å². The first-order valence-corrected chi connectivity index (χ1v) is 6.40. The van der Waals surface area contributed by atoms with E-state index in [2.05, 4.69) is 22.9 Å². The van der Waals surface area contributed by atoms with Gasteiger partial charge in [-0.25, -0.2) is 0 Å². The third-order valence-electron chi connectivity index (χ3n) is 1.88. The van der Waals surface area contributed by atoms with Crippen LogP contribution in [0.15, 0.2) is 30.3 Å². The summed E-state index contributed by atoms with van der Waals surface area (Å²) in [6, 6.07) is 9.40. The van der Waals surface area contributed by atoms with Gasteiger partial charge in [-0.05, 0) is 6.42 Å². The van der Waals surface area contributed by atoms with Crippen LogP contribution in [0.3, 0.4) is 0 Å². The van der Waals surface area contributed by atoms with Crippen LogP contribution in [0.4, 0.5) is 0 Å². The van der Waals surface area contributed by atoms with Crippen LogP contribution in [0, 0.1) is 0 Å². The van der Waals surface area contributed by atoms with Gasteiger partial charge in [-0.3, -0.25) is 4.79 Å². The Labute approximate surface area is 101 Å². The van der Waals surface area contributed by atoms with Crippen molar-refractivity contribution >= 4 is 21.7 Å². The number of Topliss-reactive ketones (excluding diaryl/α,β-unsaturated/α-hetero) is 1. The van der Waals surface area contributed by atoms with Crippen LogP contribution in [0.2, 0.25) is 0 Å². The lowest BCUT2D eigenvalue weighted by molar-refractivity contribution is 0.0988. The molecule has 1 atom stereocenters. The molecular weight excluding hydrogens is 252 g/mol. The number of halogens is 1. The van der Waals surface area contributed by atoms with E-state index in [1.165, 1.54) is 0 Å². The van der Waals surface area contributed by atoms with Crippen LogP contribution in [-0.2, 0) is 0 Å². The number of hydrogen-bond donors (Lipinski definition) is 0. The molecule has 0 amide bonds. The molecule has 0 aliphatic carbocycles. The Hall–Kier alpha value is -0.630. The van der Waals surface area contributed by atoms with Crippen LogP contribution in [0.1, 0.15) is 44.0 Å². The zero-order chi connectivity index (χ0) is 11.7. The van der Waals surface area contributed by atoms with Crippen molar-refractivity contribution in [2.24, 2.45) is 0 Å². The first-order chi connectivity index (χ1) is 7.25. The average molecular weight is 271 g/mol. The predicted molar refractivity (Wildman–Crippen MR) is 69.7 cm³/mol. The van der Waals surface area contributed by atoms with E-state index in [0.717, 1.165) is 18.4 Å². The van der Waals surface area contributed by atoms with E-state index in [1.807, 2.05) is 44.2 Å². The smallest absolute Gasteiger partial charge is 0.176 e. The topological polar surface area (TPSA) is 17.1 Å². The minimum Gasteiger partial charge on any atom is -0.293 e. The molecule has 0 aliphatic rings. The van der Waals surface area contributed by atoms with Gasteiger partial charge < -0.3 is 0 Å². The third kappa shape index (κ3) is 5.12. The molecule has 0 radical (unpaired) electrons. The lowest BCUT2D eigenvalue weighted by Crippen LogP contribution is -2.13. The van der Waals surface area contributed by atoms with E-state index in [1.54, 1.807) is 0 Å². The van der Waals surface area contributed by atoms with E-state index < -0.39 is 0 Å². The van der Waals surface area contributed by atoms with Gasteiger partial charge in [0.15, 0.2) is 5.78 Å². The molecule has 2 heteroatoms. The van der Waals surface area contributed by atoms with Crippen LogP contribution >= 0.6 is 15.9 Å². The van der Waals surface area contributed by atoms with Gasteiger partial charge in [-0.1, -0.05) is 73.5 Å². The summed E-state index contributed by atoms with van der Waals surface area (Å²) in [6.45, 7) is 6.08. The fourth-order valence-electron chi connectivity index (χ4n) is 1.17.